The third kappa shape index (κ3) is 8.62. The normalized spacial score (nSPS) is 13.6. The molecule has 1 atom stereocenters. The molecule has 13 nitrogen and oxygen atoms in total. The van der Waals surface area contributed by atoms with Crippen LogP contribution in [-0.4, -0.2) is 70.6 Å². The summed E-state index contributed by atoms with van der Waals surface area (Å²) in [7, 11) is 3.93. The lowest BCUT2D eigenvalue weighted by Gasteiger charge is -2.35. The number of nitrogens with zero attached hydrogens (tertiary/aromatic N) is 4. The van der Waals surface area contributed by atoms with Crippen LogP contribution in [0.1, 0.15) is 54.0 Å². The van der Waals surface area contributed by atoms with Crippen molar-refractivity contribution in [3.8, 4) is 0 Å². The number of anilines is 4. The second-order valence-corrected chi connectivity index (χ2v) is 12.9. The number of rotatable bonds is 13. The average Bonchev–Trinajstić information content (AvgIpc) is 3.58. The lowest BCUT2D eigenvalue weighted by atomic mass is 10.00. The Bertz CT molecular complexity index is 1900. The number of benzene rings is 3. The van der Waals surface area contributed by atoms with Gasteiger partial charge in [0.05, 0.1) is 30.4 Å². The second-order valence-electron chi connectivity index (χ2n) is 12.9. The molecule has 0 fully saturated rings. The van der Waals surface area contributed by atoms with E-state index in [4.69, 9.17) is 9.84 Å². The fraction of sp³-hybridized carbons (Fsp3) is 0.289. The molecule has 0 saturated heterocycles. The highest BCUT2D eigenvalue weighted by atomic mass is 16.5. The van der Waals surface area contributed by atoms with Gasteiger partial charge in [-0.3, -0.25) is 19.1 Å². The van der Waals surface area contributed by atoms with E-state index in [-0.39, 0.29) is 43.6 Å². The van der Waals surface area contributed by atoms with E-state index < -0.39 is 11.5 Å². The van der Waals surface area contributed by atoms with E-state index in [1.165, 1.54) is 6.08 Å². The minimum atomic E-state index is -0.835. The average molecular weight is 693 g/mol. The van der Waals surface area contributed by atoms with Gasteiger partial charge >= 0.3 is 12.0 Å². The summed E-state index contributed by atoms with van der Waals surface area (Å²) in [6.07, 6.45) is 1.17. The molecule has 2 heterocycles. The number of carbonyl (C=O) groups is 4. The Kier molecular flexibility index (Phi) is 11.2. The molecule has 4 aromatic rings. The topological polar surface area (TPSA) is 150 Å². The van der Waals surface area contributed by atoms with E-state index in [1.807, 2.05) is 69.2 Å². The molecule has 51 heavy (non-hydrogen) atoms. The van der Waals surface area contributed by atoms with Gasteiger partial charge in [-0.1, -0.05) is 43.0 Å². The van der Waals surface area contributed by atoms with Crippen molar-refractivity contribution in [1.29, 1.82) is 0 Å². The van der Waals surface area contributed by atoms with E-state index in [0.29, 0.717) is 40.7 Å². The summed E-state index contributed by atoms with van der Waals surface area (Å²) >= 11 is 0. The fourth-order valence-electron chi connectivity index (χ4n) is 6.11. The first-order valence-corrected chi connectivity index (χ1v) is 16.6. The molecule has 266 valence electrons. The van der Waals surface area contributed by atoms with Crippen LogP contribution in [0.3, 0.4) is 0 Å². The standard InChI is InChI=1S/C38H44N8O5/c1-7-32(47)39-27-19-17-26(18-20-27)36(49)41-29-16-12-15-28(21-29)40-35-30-22-45(38(3,4)34(30)46(43-35)24-33(48)51-8-2)37(50)42-31(23-44(5)6)25-13-10-9-11-14-25/h7,9-21,31H,1,8,22-24H2,2-6H3,(H,39,47)(H,40,43)(H,41,49)(H,42,50)/t31-/m1/s1. The van der Waals surface area contributed by atoms with E-state index in [9.17, 15) is 19.2 Å². The van der Waals surface area contributed by atoms with E-state index in [1.54, 1.807) is 59.0 Å². The van der Waals surface area contributed by atoms with Crippen LogP contribution in [0.15, 0.2) is 91.5 Å². The minimum Gasteiger partial charge on any atom is -0.465 e. The molecular weight excluding hydrogens is 648 g/mol. The van der Waals surface area contributed by atoms with Crippen LogP contribution in [0.25, 0.3) is 0 Å². The number of ether oxygens (including phenoxy) is 1. The largest absolute Gasteiger partial charge is 0.465 e. The third-order valence-electron chi connectivity index (χ3n) is 8.48. The van der Waals surface area contributed by atoms with Crippen molar-refractivity contribution < 1.29 is 23.9 Å². The van der Waals surface area contributed by atoms with Gasteiger partial charge in [0.15, 0.2) is 5.82 Å². The Labute approximate surface area is 297 Å². The number of esters is 1. The molecule has 0 unspecified atom stereocenters. The maximum Gasteiger partial charge on any atom is 0.327 e. The Balaban J connectivity index is 1.38. The van der Waals surface area contributed by atoms with Gasteiger partial charge < -0.3 is 35.8 Å². The Morgan fingerprint density at radius 2 is 1.67 bits per heavy atom. The Morgan fingerprint density at radius 3 is 2.33 bits per heavy atom. The van der Waals surface area contributed by atoms with E-state index in [0.717, 1.165) is 11.1 Å². The summed E-state index contributed by atoms with van der Waals surface area (Å²) in [5, 5.41) is 16.9. The van der Waals surface area contributed by atoms with Crippen molar-refractivity contribution in [2.45, 2.75) is 45.4 Å². The van der Waals surface area contributed by atoms with Crippen LogP contribution in [-0.2, 0) is 33.0 Å². The van der Waals surface area contributed by atoms with Crippen LogP contribution in [0.4, 0.5) is 27.7 Å². The first-order chi connectivity index (χ1) is 24.4. The third-order valence-corrected chi connectivity index (χ3v) is 8.48. The number of carbonyl (C=O) groups excluding carboxylic acids is 4. The van der Waals surface area contributed by atoms with Gasteiger partial charge in [-0.15, -0.1) is 0 Å². The molecule has 0 bridgehead atoms. The van der Waals surface area contributed by atoms with Crippen molar-refractivity contribution in [3.63, 3.8) is 0 Å². The zero-order valence-corrected chi connectivity index (χ0v) is 29.5. The molecular formula is C38H44N8O5. The van der Waals surface area contributed by atoms with Gasteiger partial charge in [-0.25, -0.2) is 4.79 Å². The van der Waals surface area contributed by atoms with Crippen LogP contribution in [0.2, 0.25) is 0 Å². The molecule has 4 N–H and O–H groups in total. The quantitative estimate of drug-likeness (QED) is 0.104. The molecule has 3 aromatic carbocycles. The number of amides is 4. The number of hydrogen-bond donors (Lipinski definition) is 4. The molecule has 5 rings (SSSR count). The summed E-state index contributed by atoms with van der Waals surface area (Å²) < 4.78 is 6.85. The van der Waals surface area contributed by atoms with Gasteiger partial charge in [0.25, 0.3) is 5.91 Å². The monoisotopic (exact) mass is 692 g/mol. The predicted octanol–water partition coefficient (Wildman–Crippen LogP) is 5.63. The molecule has 1 aliphatic heterocycles. The molecule has 0 radical (unpaired) electrons. The zero-order valence-electron chi connectivity index (χ0n) is 29.5. The lowest BCUT2D eigenvalue weighted by molar-refractivity contribution is -0.144. The summed E-state index contributed by atoms with van der Waals surface area (Å²) in [4.78, 5) is 55.1. The molecule has 13 heteroatoms. The first kappa shape index (κ1) is 36.3. The Hall–Kier alpha value is -5.95. The molecule has 0 aliphatic carbocycles. The lowest BCUT2D eigenvalue weighted by Crippen LogP contribution is -2.49. The van der Waals surface area contributed by atoms with E-state index >= 15 is 0 Å². The highest BCUT2D eigenvalue weighted by Gasteiger charge is 2.46. The van der Waals surface area contributed by atoms with Crippen LogP contribution in [0, 0.1) is 0 Å². The van der Waals surface area contributed by atoms with Gasteiger partial charge in [0.1, 0.15) is 6.54 Å². The Morgan fingerprint density at radius 1 is 0.961 bits per heavy atom. The number of urea groups is 1. The molecule has 0 saturated carbocycles. The highest BCUT2D eigenvalue weighted by molar-refractivity contribution is 6.05. The van der Waals surface area contributed by atoms with Crippen molar-refractivity contribution in [3.05, 3.63) is 114 Å². The zero-order chi connectivity index (χ0) is 36.7. The fourth-order valence-corrected chi connectivity index (χ4v) is 6.11. The maximum absolute atomic E-state index is 14.0. The van der Waals surface area contributed by atoms with Crippen LogP contribution in [0.5, 0.6) is 0 Å². The van der Waals surface area contributed by atoms with Crippen molar-refractivity contribution in [2.75, 3.05) is 43.2 Å². The molecule has 1 aliphatic rings. The minimum absolute atomic E-state index is 0.129. The van der Waals surface area contributed by atoms with Crippen molar-refractivity contribution >= 4 is 46.7 Å². The summed E-state index contributed by atoms with van der Waals surface area (Å²) in [6, 6.07) is 23.0. The predicted molar refractivity (Wildman–Crippen MR) is 197 cm³/mol. The first-order valence-electron chi connectivity index (χ1n) is 16.6. The van der Waals surface area contributed by atoms with Crippen molar-refractivity contribution in [1.82, 2.24) is 24.9 Å². The number of aromatic nitrogens is 2. The number of fused-ring (bicyclic) bond motifs is 1. The second kappa shape index (κ2) is 15.7. The smallest absolute Gasteiger partial charge is 0.327 e. The highest BCUT2D eigenvalue weighted by Crippen LogP contribution is 2.43. The molecule has 4 amide bonds. The van der Waals surface area contributed by atoms with Crippen LogP contribution < -0.4 is 21.3 Å². The number of hydrogen-bond acceptors (Lipinski definition) is 8. The van der Waals surface area contributed by atoms with Crippen molar-refractivity contribution in [2.24, 2.45) is 0 Å². The van der Waals surface area contributed by atoms with Crippen LogP contribution >= 0.6 is 0 Å². The molecule has 1 aromatic heterocycles. The summed E-state index contributed by atoms with van der Waals surface area (Å²) in [5.74, 6) is -0.640. The molecule has 0 spiro atoms. The summed E-state index contributed by atoms with van der Waals surface area (Å²) in [6.45, 7) is 10.00. The van der Waals surface area contributed by atoms with Gasteiger partial charge in [0.2, 0.25) is 5.91 Å². The SMILES string of the molecule is C=CC(=O)Nc1ccc(C(=O)Nc2cccc(Nc3nn(CC(=O)OCC)c4c3CN(C(=O)N[C@H](CN(C)C)c3ccccc3)C4(C)C)c2)cc1. The van der Waals surface area contributed by atoms with Gasteiger partial charge in [-0.2, -0.15) is 5.10 Å². The summed E-state index contributed by atoms with van der Waals surface area (Å²) in [5.41, 5.74) is 3.75. The van der Waals surface area contributed by atoms with E-state index in [2.05, 4.69) is 27.8 Å². The van der Waals surface area contributed by atoms with Gasteiger partial charge in [0, 0.05) is 34.7 Å². The maximum atomic E-state index is 14.0. The van der Waals surface area contributed by atoms with Gasteiger partial charge in [-0.05, 0) is 89.0 Å². The number of nitrogens with one attached hydrogen (secondary N) is 4. The number of likely N-dealkylation sites (N-methyl/N-ethyl adjacent to an activating group) is 1.